The average molecular weight is 333 g/mol. The topological polar surface area (TPSA) is 64.0 Å². The van der Waals surface area contributed by atoms with Crippen LogP contribution in [0.4, 0.5) is 0 Å². The number of nitrogens with zero attached hydrogens (tertiary/aromatic N) is 2. The lowest BCUT2D eigenvalue weighted by Crippen LogP contribution is -2.23. The molecule has 22 heavy (non-hydrogen) atoms. The number of sulfonamides is 1. The summed E-state index contributed by atoms with van der Waals surface area (Å²) in [5, 5.41) is 6.18. The molecule has 1 aromatic carbocycles. The first kappa shape index (κ1) is 15.0. The van der Waals surface area contributed by atoms with Gasteiger partial charge in [0.2, 0.25) is 10.0 Å². The number of benzene rings is 1. The van der Waals surface area contributed by atoms with Crippen molar-refractivity contribution >= 4 is 21.4 Å². The molecule has 0 amide bonds. The van der Waals surface area contributed by atoms with E-state index < -0.39 is 10.0 Å². The second kappa shape index (κ2) is 6.04. The molecule has 0 aliphatic heterocycles. The molecule has 114 valence electrons. The molecule has 2 aromatic heterocycles. The van der Waals surface area contributed by atoms with Crippen LogP contribution < -0.4 is 4.72 Å². The Balaban J connectivity index is 1.90. The van der Waals surface area contributed by atoms with Gasteiger partial charge in [0.15, 0.2) is 0 Å². The van der Waals surface area contributed by atoms with Gasteiger partial charge in [0, 0.05) is 19.8 Å². The third-order valence-corrected chi connectivity index (χ3v) is 5.43. The number of aromatic nitrogens is 2. The summed E-state index contributed by atoms with van der Waals surface area (Å²) in [6.45, 7) is 0.252. The zero-order valence-corrected chi connectivity index (χ0v) is 13.6. The average Bonchev–Trinajstić information content (AvgIpc) is 3.15. The molecule has 1 N–H and O–H groups in total. The predicted octanol–water partition coefficient (Wildman–Crippen LogP) is 2.63. The second-order valence-electron chi connectivity index (χ2n) is 4.80. The Hall–Kier alpha value is -1.96. The molecule has 0 saturated heterocycles. The van der Waals surface area contributed by atoms with E-state index in [2.05, 4.69) is 9.82 Å². The number of nitrogens with one attached hydrogen (secondary N) is 1. The Morgan fingerprint density at radius 1 is 1.18 bits per heavy atom. The van der Waals surface area contributed by atoms with Gasteiger partial charge in [0.05, 0.1) is 4.88 Å². The summed E-state index contributed by atoms with van der Waals surface area (Å²) < 4.78 is 29.3. The predicted molar refractivity (Wildman–Crippen MR) is 87.0 cm³/mol. The van der Waals surface area contributed by atoms with Gasteiger partial charge in [-0.3, -0.25) is 4.68 Å². The van der Waals surface area contributed by atoms with E-state index in [4.69, 9.17) is 0 Å². The molecule has 0 fully saturated rings. The molecule has 0 saturated carbocycles. The third kappa shape index (κ3) is 3.11. The fourth-order valence-electron chi connectivity index (χ4n) is 2.10. The number of aryl methyl sites for hydroxylation is 1. The summed E-state index contributed by atoms with van der Waals surface area (Å²) in [4.78, 5) is 1.04. The molecule has 2 heterocycles. The zero-order chi connectivity index (χ0) is 15.6. The normalized spacial score (nSPS) is 11.7. The van der Waals surface area contributed by atoms with Crippen LogP contribution in [0.25, 0.3) is 10.6 Å². The SMILES string of the molecule is Cn1cc(S(=O)(=O)NCc2ccccc2)c(-c2cccs2)n1. The molecule has 0 bridgehead atoms. The van der Waals surface area contributed by atoms with Crippen LogP contribution in [-0.4, -0.2) is 18.2 Å². The van der Waals surface area contributed by atoms with Crippen molar-refractivity contribution in [1.82, 2.24) is 14.5 Å². The fourth-order valence-corrected chi connectivity index (χ4v) is 4.10. The molecule has 3 aromatic rings. The first-order valence-corrected chi connectivity index (χ1v) is 9.04. The highest BCUT2D eigenvalue weighted by atomic mass is 32.2. The van der Waals surface area contributed by atoms with Crippen molar-refractivity contribution in [3.63, 3.8) is 0 Å². The maximum Gasteiger partial charge on any atom is 0.244 e. The van der Waals surface area contributed by atoms with Crippen molar-refractivity contribution in [3.8, 4) is 10.6 Å². The highest BCUT2D eigenvalue weighted by Gasteiger charge is 2.23. The molecule has 0 unspecified atom stereocenters. The Kier molecular flexibility index (Phi) is 4.10. The van der Waals surface area contributed by atoms with Crippen LogP contribution in [0.2, 0.25) is 0 Å². The van der Waals surface area contributed by atoms with Gasteiger partial charge < -0.3 is 0 Å². The van der Waals surface area contributed by atoms with E-state index in [0.717, 1.165) is 10.4 Å². The van der Waals surface area contributed by atoms with E-state index in [-0.39, 0.29) is 11.4 Å². The number of thiophene rings is 1. The van der Waals surface area contributed by atoms with Crippen molar-refractivity contribution in [1.29, 1.82) is 0 Å². The highest BCUT2D eigenvalue weighted by Crippen LogP contribution is 2.29. The Morgan fingerprint density at radius 2 is 1.95 bits per heavy atom. The van der Waals surface area contributed by atoms with Crippen LogP contribution in [0.15, 0.2) is 58.9 Å². The van der Waals surface area contributed by atoms with E-state index in [0.29, 0.717) is 5.69 Å². The van der Waals surface area contributed by atoms with Crippen molar-refractivity contribution in [2.24, 2.45) is 7.05 Å². The van der Waals surface area contributed by atoms with E-state index in [1.165, 1.54) is 22.2 Å². The standard InChI is InChI=1S/C15H15N3O2S2/c1-18-11-14(15(17-18)13-8-5-9-21-13)22(19,20)16-10-12-6-3-2-4-7-12/h2-9,11,16H,10H2,1H3. The highest BCUT2D eigenvalue weighted by molar-refractivity contribution is 7.89. The summed E-state index contributed by atoms with van der Waals surface area (Å²) in [6, 6.07) is 13.2. The number of hydrogen-bond donors (Lipinski definition) is 1. The zero-order valence-electron chi connectivity index (χ0n) is 11.9. The largest absolute Gasteiger partial charge is 0.274 e. The van der Waals surface area contributed by atoms with Gasteiger partial charge >= 0.3 is 0 Å². The van der Waals surface area contributed by atoms with E-state index in [1.807, 2.05) is 47.8 Å². The Bertz CT molecular complexity index is 854. The quantitative estimate of drug-likeness (QED) is 0.781. The smallest absolute Gasteiger partial charge is 0.244 e. The molecule has 0 aliphatic carbocycles. The van der Waals surface area contributed by atoms with Gasteiger partial charge in [0.25, 0.3) is 0 Å². The molecular formula is C15H15N3O2S2. The maximum atomic E-state index is 12.6. The minimum absolute atomic E-state index is 0.202. The van der Waals surface area contributed by atoms with Crippen LogP contribution in [0.5, 0.6) is 0 Å². The molecule has 0 radical (unpaired) electrons. The van der Waals surface area contributed by atoms with Crippen molar-refractivity contribution in [2.45, 2.75) is 11.4 Å². The van der Waals surface area contributed by atoms with Crippen molar-refractivity contribution < 1.29 is 8.42 Å². The molecule has 0 aliphatic rings. The first-order chi connectivity index (χ1) is 10.6. The van der Waals surface area contributed by atoms with Gasteiger partial charge in [-0.1, -0.05) is 36.4 Å². The van der Waals surface area contributed by atoms with Crippen molar-refractivity contribution in [2.75, 3.05) is 0 Å². The molecular weight excluding hydrogens is 318 g/mol. The van der Waals surface area contributed by atoms with Crippen molar-refractivity contribution in [3.05, 3.63) is 59.6 Å². The van der Waals surface area contributed by atoms with Crippen LogP contribution in [0, 0.1) is 0 Å². The monoisotopic (exact) mass is 333 g/mol. The summed E-state index contributed by atoms with van der Waals surface area (Å²) >= 11 is 1.47. The number of rotatable bonds is 5. The lowest BCUT2D eigenvalue weighted by Gasteiger charge is -2.06. The fraction of sp³-hybridized carbons (Fsp3) is 0.133. The van der Waals surface area contributed by atoms with E-state index in [1.54, 1.807) is 7.05 Å². The van der Waals surface area contributed by atoms with Gasteiger partial charge in [-0.25, -0.2) is 13.1 Å². The molecule has 5 nitrogen and oxygen atoms in total. The van der Waals surface area contributed by atoms with E-state index in [9.17, 15) is 8.42 Å². The summed E-state index contributed by atoms with van der Waals surface area (Å²) in [5.41, 5.74) is 1.39. The second-order valence-corrected chi connectivity index (χ2v) is 7.49. The van der Waals surface area contributed by atoms with Crippen LogP contribution in [-0.2, 0) is 23.6 Å². The van der Waals surface area contributed by atoms with E-state index >= 15 is 0 Å². The van der Waals surface area contributed by atoms with Gasteiger partial charge in [-0.05, 0) is 17.0 Å². The molecule has 0 spiro atoms. The Morgan fingerprint density at radius 3 is 2.64 bits per heavy atom. The third-order valence-electron chi connectivity index (χ3n) is 3.15. The minimum Gasteiger partial charge on any atom is -0.274 e. The number of hydrogen-bond acceptors (Lipinski definition) is 4. The van der Waals surface area contributed by atoms with Crippen LogP contribution >= 0.6 is 11.3 Å². The molecule has 0 atom stereocenters. The molecule has 7 heteroatoms. The summed E-state index contributed by atoms with van der Waals surface area (Å²) in [7, 11) is -1.91. The Labute approximate surface area is 133 Å². The summed E-state index contributed by atoms with van der Waals surface area (Å²) in [6.07, 6.45) is 1.53. The maximum absolute atomic E-state index is 12.6. The van der Waals surface area contributed by atoms with Crippen LogP contribution in [0.1, 0.15) is 5.56 Å². The lowest BCUT2D eigenvalue weighted by molar-refractivity contribution is 0.581. The lowest BCUT2D eigenvalue weighted by atomic mass is 10.2. The van der Waals surface area contributed by atoms with Gasteiger partial charge in [-0.2, -0.15) is 5.10 Å². The summed E-state index contributed by atoms with van der Waals surface area (Å²) in [5.74, 6) is 0. The minimum atomic E-state index is -3.62. The molecule has 3 rings (SSSR count). The van der Waals surface area contributed by atoms with Gasteiger partial charge in [-0.15, -0.1) is 11.3 Å². The van der Waals surface area contributed by atoms with Crippen LogP contribution in [0.3, 0.4) is 0 Å². The van der Waals surface area contributed by atoms with Gasteiger partial charge in [0.1, 0.15) is 10.6 Å². The first-order valence-electron chi connectivity index (χ1n) is 6.67.